The van der Waals surface area contributed by atoms with E-state index in [0.29, 0.717) is 4.90 Å². The Morgan fingerprint density at radius 1 is 1.25 bits per heavy atom. The van der Waals surface area contributed by atoms with Crippen LogP contribution in [0.1, 0.15) is 13.8 Å². The molecular formula is C12H14F2OS. The van der Waals surface area contributed by atoms with Crippen LogP contribution in [0.5, 0.6) is 0 Å². The van der Waals surface area contributed by atoms with Gasteiger partial charge in [0.15, 0.2) is 0 Å². The highest BCUT2D eigenvalue weighted by atomic mass is 32.2. The quantitative estimate of drug-likeness (QED) is 0.815. The summed E-state index contributed by atoms with van der Waals surface area (Å²) in [7, 11) is 0. The molecule has 0 saturated carbocycles. The zero-order chi connectivity index (χ0) is 12.4. The molecule has 0 aliphatic heterocycles. The van der Waals surface area contributed by atoms with E-state index in [-0.39, 0.29) is 4.91 Å². The van der Waals surface area contributed by atoms with Crippen LogP contribution in [0.4, 0.5) is 8.78 Å². The number of thioether (sulfide) groups is 1. The van der Waals surface area contributed by atoms with Crippen molar-refractivity contribution < 1.29 is 13.9 Å². The summed E-state index contributed by atoms with van der Waals surface area (Å²) >= 11 is 0.873. The zero-order valence-corrected chi connectivity index (χ0v) is 10.0. The van der Waals surface area contributed by atoms with Crippen LogP contribution in [-0.2, 0) is 0 Å². The van der Waals surface area contributed by atoms with E-state index >= 15 is 0 Å². The van der Waals surface area contributed by atoms with Gasteiger partial charge >= 0.3 is 5.92 Å². The van der Waals surface area contributed by atoms with Gasteiger partial charge in [0, 0.05) is 4.90 Å². The van der Waals surface area contributed by atoms with Gasteiger partial charge in [-0.25, -0.2) is 0 Å². The van der Waals surface area contributed by atoms with Crippen molar-refractivity contribution in [3.63, 3.8) is 0 Å². The van der Waals surface area contributed by atoms with Crippen LogP contribution in [0, 0.1) is 0 Å². The Morgan fingerprint density at radius 2 is 1.75 bits per heavy atom. The topological polar surface area (TPSA) is 20.2 Å². The van der Waals surface area contributed by atoms with Crippen molar-refractivity contribution in [2.24, 2.45) is 0 Å². The lowest BCUT2D eigenvalue weighted by Gasteiger charge is -2.30. The smallest absolute Gasteiger partial charge is 0.306 e. The van der Waals surface area contributed by atoms with Crippen molar-refractivity contribution in [3.8, 4) is 0 Å². The summed E-state index contributed by atoms with van der Waals surface area (Å²) in [5, 5.41) is 9.37. The first-order chi connectivity index (χ1) is 7.25. The Kier molecular flexibility index (Phi) is 3.76. The second-order valence-electron chi connectivity index (χ2n) is 3.97. The predicted octanol–water partition coefficient (Wildman–Crippen LogP) is 3.70. The molecule has 0 atom stereocenters. The van der Waals surface area contributed by atoms with Gasteiger partial charge in [-0.1, -0.05) is 36.5 Å². The average Bonchev–Trinajstić information content (AvgIpc) is 2.17. The molecule has 1 aromatic carbocycles. The third-order valence-electron chi connectivity index (χ3n) is 2.10. The van der Waals surface area contributed by atoms with Crippen molar-refractivity contribution in [2.45, 2.75) is 30.3 Å². The fraction of sp³-hybridized carbons (Fsp3) is 0.333. The predicted molar refractivity (Wildman–Crippen MR) is 62.7 cm³/mol. The van der Waals surface area contributed by atoms with Crippen molar-refractivity contribution in [1.82, 2.24) is 0 Å². The summed E-state index contributed by atoms with van der Waals surface area (Å²) in [6.45, 7) is 5.49. The molecule has 0 aromatic heterocycles. The number of hydrogen-bond acceptors (Lipinski definition) is 2. The normalized spacial score (nSPS) is 12.6. The van der Waals surface area contributed by atoms with Crippen LogP contribution in [0.15, 0.2) is 46.7 Å². The molecule has 0 fully saturated rings. The highest BCUT2D eigenvalue weighted by Gasteiger charge is 2.48. The van der Waals surface area contributed by atoms with Gasteiger partial charge < -0.3 is 5.11 Å². The van der Waals surface area contributed by atoms with E-state index in [1.165, 1.54) is 0 Å². The first-order valence-electron chi connectivity index (χ1n) is 4.77. The Morgan fingerprint density at radius 3 is 2.19 bits per heavy atom. The maximum Gasteiger partial charge on any atom is 0.306 e. The minimum Gasteiger partial charge on any atom is -0.384 e. The maximum atomic E-state index is 13.6. The Labute approximate surface area is 98.2 Å². The molecule has 0 radical (unpaired) electrons. The molecule has 0 unspecified atom stereocenters. The van der Waals surface area contributed by atoms with Gasteiger partial charge in [-0.2, -0.15) is 8.78 Å². The van der Waals surface area contributed by atoms with Gasteiger partial charge in [0.05, 0.1) is 4.91 Å². The fourth-order valence-corrected chi connectivity index (χ4v) is 1.99. The van der Waals surface area contributed by atoms with E-state index in [1.54, 1.807) is 30.3 Å². The summed E-state index contributed by atoms with van der Waals surface area (Å²) < 4.78 is 27.3. The van der Waals surface area contributed by atoms with Crippen LogP contribution in [-0.4, -0.2) is 16.6 Å². The second kappa shape index (κ2) is 4.55. The van der Waals surface area contributed by atoms with Gasteiger partial charge in [0.1, 0.15) is 5.60 Å². The third-order valence-corrected chi connectivity index (χ3v) is 3.11. The summed E-state index contributed by atoms with van der Waals surface area (Å²) in [6.07, 6.45) is 0. The number of benzene rings is 1. The Hall–Kier alpha value is -0.870. The SMILES string of the molecule is C=C(Sc1ccccc1)C(F)(F)C(C)(C)O. The lowest BCUT2D eigenvalue weighted by molar-refractivity contribution is -0.129. The number of aliphatic hydroxyl groups is 1. The van der Waals surface area contributed by atoms with Crippen molar-refractivity contribution in [3.05, 3.63) is 41.8 Å². The lowest BCUT2D eigenvalue weighted by atomic mass is 10.0. The molecular weight excluding hydrogens is 230 g/mol. The van der Waals surface area contributed by atoms with Crippen LogP contribution >= 0.6 is 11.8 Å². The van der Waals surface area contributed by atoms with Gasteiger partial charge in [-0.05, 0) is 26.0 Å². The molecule has 0 saturated heterocycles. The number of halogens is 2. The molecule has 0 aliphatic carbocycles. The molecule has 16 heavy (non-hydrogen) atoms. The molecule has 1 rings (SSSR count). The van der Waals surface area contributed by atoms with Crippen LogP contribution in [0.3, 0.4) is 0 Å². The van der Waals surface area contributed by atoms with E-state index in [4.69, 9.17) is 0 Å². The van der Waals surface area contributed by atoms with Crippen molar-refractivity contribution in [2.75, 3.05) is 0 Å². The Bertz CT molecular complexity index is 368. The van der Waals surface area contributed by atoms with E-state index in [2.05, 4.69) is 6.58 Å². The molecule has 4 heteroatoms. The monoisotopic (exact) mass is 244 g/mol. The lowest BCUT2D eigenvalue weighted by Crippen LogP contribution is -2.43. The van der Waals surface area contributed by atoms with Crippen LogP contribution in [0.25, 0.3) is 0 Å². The maximum absolute atomic E-state index is 13.6. The summed E-state index contributed by atoms with van der Waals surface area (Å²) in [5.74, 6) is -3.33. The van der Waals surface area contributed by atoms with E-state index in [9.17, 15) is 13.9 Å². The van der Waals surface area contributed by atoms with Gasteiger partial charge in [-0.3, -0.25) is 0 Å². The minimum atomic E-state index is -3.33. The highest BCUT2D eigenvalue weighted by molar-refractivity contribution is 8.03. The first kappa shape index (κ1) is 13.2. The molecule has 0 spiro atoms. The molecule has 0 heterocycles. The zero-order valence-electron chi connectivity index (χ0n) is 9.21. The number of hydrogen-bond donors (Lipinski definition) is 1. The van der Waals surface area contributed by atoms with Gasteiger partial charge in [0.25, 0.3) is 0 Å². The Balaban J connectivity index is 2.81. The fourth-order valence-electron chi connectivity index (χ4n) is 1.04. The molecule has 0 amide bonds. The third kappa shape index (κ3) is 2.83. The molecule has 0 aliphatic rings. The van der Waals surface area contributed by atoms with Crippen molar-refractivity contribution in [1.29, 1.82) is 0 Å². The van der Waals surface area contributed by atoms with Crippen molar-refractivity contribution >= 4 is 11.8 Å². The average molecular weight is 244 g/mol. The largest absolute Gasteiger partial charge is 0.384 e. The second-order valence-corrected chi connectivity index (χ2v) is 5.14. The standard InChI is InChI=1S/C12H14F2OS/c1-9(12(13,14)11(2,3)15)16-10-7-5-4-6-8-10/h4-8,15H,1H2,2-3H3. The molecule has 1 nitrogen and oxygen atoms in total. The molecule has 1 N–H and O–H groups in total. The van der Waals surface area contributed by atoms with E-state index < -0.39 is 11.5 Å². The summed E-state index contributed by atoms with van der Waals surface area (Å²) in [4.78, 5) is 0.322. The first-order valence-corrected chi connectivity index (χ1v) is 5.59. The van der Waals surface area contributed by atoms with Gasteiger partial charge in [0.2, 0.25) is 0 Å². The van der Waals surface area contributed by atoms with E-state index in [1.807, 2.05) is 0 Å². The minimum absolute atomic E-state index is 0.355. The highest BCUT2D eigenvalue weighted by Crippen LogP contribution is 2.42. The van der Waals surface area contributed by atoms with Crippen LogP contribution < -0.4 is 0 Å². The van der Waals surface area contributed by atoms with Gasteiger partial charge in [-0.15, -0.1) is 0 Å². The molecule has 0 bridgehead atoms. The van der Waals surface area contributed by atoms with Crippen LogP contribution in [0.2, 0.25) is 0 Å². The summed E-state index contributed by atoms with van der Waals surface area (Å²) in [5.41, 5.74) is -2.11. The molecule has 1 aromatic rings. The number of rotatable bonds is 4. The number of alkyl halides is 2. The molecule has 88 valence electrons. The van der Waals surface area contributed by atoms with E-state index in [0.717, 1.165) is 25.6 Å². The summed E-state index contributed by atoms with van der Waals surface area (Å²) in [6, 6.07) is 8.77.